The van der Waals surface area contributed by atoms with Gasteiger partial charge in [0.2, 0.25) is 0 Å². The highest BCUT2D eigenvalue weighted by atomic mass is 32.1. The fourth-order valence-electron chi connectivity index (χ4n) is 1.18. The lowest BCUT2D eigenvalue weighted by atomic mass is 10.1. The third-order valence-electron chi connectivity index (χ3n) is 1.82. The van der Waals surface area contributed by atoms with Crippen LogP contribution in [0.5, 0.6) is 0 Å². The van der Waals surface area contributed by atoms with Crippen LogP contribution in [0.2, 0.25) is 0 Å². The Morgan fingerprint density at radius 2 is 1.85 bits per heavy atom. The van der Waals surface area contributed by atoms with Crippen molar-refractivity contribution >= 4 is 11.3 Å². The first-order chi connectivity index (χ1) is 6.40. The van der Waals surface area contributed by atoms with Gasteiger partial charge < -0.3 is 0 Å². The molecule has 1 aromatic carbocycles. The largest absolute Gasteiger partial charge is 0.192 e. The van der Waals surface area contributed by atoms with Crippen LogP contribution in [0.4, 0.5) is 0 Å². The van der Waals surface area contributed by atoms with Crippen molar-refractivity contribution < 1.29 is 0 Å². The highest BCUT2D eigenvalue weighted by Gasteiger charge is 1.99. The third-order valence-corrected chi connectivity index (χ3v) is 2.65. The zero-order valence-corrected chi connectivity index (χ0v) is 7.71. The molecule has 0 saturated carbocycles. The zero-order valence-electron chi connectivity index (χ0n) is 6.90. The van der Waals surface area contributed by atoms with Crippen LogP contribution in [-0.2, 0) is 0 Å². The van der Waals surface area contributed by atoms with E-state index in [9.17, 15) is 0 Å². The minimum Gasteiger partial charge on any atom is -0.192 e. The molecular weight excluding hydrogens is 178 g/mol. The summed E-state index contributed by atoms with van der Waals surface area (Å²) >= 11 is 1.48. The average molecular weight is 185 g/mol. The summed E-state index contributed by atoms with van der Waals surface area (Å²) in [5.41, 5.74) is 2.29. The maximum absolute atomic E-state index is 8.66. The van der Waals surface area contributed by atoms with Gasteiger partial charge in [-0.15, -0.1) is 11.3 Å². The molecule has 0 unspecified atom stereocenters. The van der Waals surface area contributed by atoms with Gasteiger partial charge >= 0.3 is 0 Å². The molecule has 0 aliphatic rings. The van der Waals surface area contributed by atoms with E-state index in [1.165, 1.54) is 16.9 Å². The highest BCUT2D eigenvalue weighted by Crippen LogP contribution is 2.24. The molecule has 0 radical (unpaired) electrons. The lowest BCUT2D eigenvalue weighted by Gasteiger charge is -1.93. The van der Waals surface area contributed by atoms with Gasteiger partial charge in [0.1, 0.15) is 10.9 Å². The molecule has 2 rings (SSSR count). The van der Waals surface area contributed by atoms with E-state index in [0.29, 0.717) is 0 Å². The molecule has 2 heteroatoms. The Kier molecular flexibility index (Phi) is 2.11. The van der Waals surface area contributed by atoms with E-state index in [-0.39, 0.29) is 0 Å². The van der Waals surface area contributed by atoms with E-state index in [1.54, 1.807) is 0 Å². The Bertz CT molecular complexity index is 437. The first-order valence-corrected chi connectivity index (χ1v) is 4.82. The molecule has 0 aliphatic carbocycles. The summed E-state index contributed by atoms with van der Waals surface area (Å²) < 4.78 is 0. The van der Waals surface area contributed by atoms with Crippen molar-refractivity contribution in [2.75, 3.05) is 0 Å². The van der Waals surface area contributed by atoms with E-state index in [0.717, 1.165) is 10.4 Å². The van der Waals surface area contributed by atoms with Gasteiger partial charge in [-0.1, -0.05) is 30.3 Å². The highest BCUT2D eigenvalue weighted by molar-refractivity contribution is 7.10. The summed E-state index contributed by atoms with van der Waals surface area (Å²) in [5.74, 6) is 0. The number of nitrogens with zero attached hydrogens (tertiary/aromatic N) is 1. The molecule has 1 nitrogen and oxygen atoms in total. The monoisotopic (exact) mass is 185 g/mol. The van der Waals surface area contributed by atoms with Gasteiger partial charge in [0.25, 0.3) is 0 Å². The Morgan fingerprint density at radius 3 is 2.46 bits per heavy atom. The van der Waals surface area contributed by atoms with Crippen LogP contribution in [-0.4, -0.2) is 0 Å². The number of hydrogen-bond acceptors (Lipinski definition) is 2. The molecule has 0 atom stereocenters. The Balaban J connectivity index is 2.43. The number of nitriles is 1. The SMILES string of the molecule is N#Cc1cc(-c2ccccc2)cs1. The van der Waals surface area contributed by atoms with Crippen LogP contribution >= 0.6 is 11.3 Å². The normalized spacial score (nSPS) is 9.46. The predicted octanol–water partition coefficient (Wildman–Crippen LogP) is 3.29. The Hall–Kier alpha value is -1.59. The fraction of sp³-hybridized carbons (Fsp3) is 0. The Morgan fingerprint density at radius 1 is 1.08 bits per heavy atom. The maximum atomic E-state index is 8.66. The van der Waals surface area contributed by atoms with Gasteiger partial charge in [-0.05, 0) is 22.6 Å². The van der Waals surface area contributed by atoms with Crippen molar-refractivity contribution in [3.63, 3.8) is 0 Å². The standard InChI is InChI=1S/C11H7NS/c12-7-11-6-10(8-13-11)9-4-2-1-3-5-9/h1-6,8H. The lowest BCUT2D eigenvalue weighted by Crippen LogP contribution is -1.70. The molecule has 0 spiro atoms. The van der Waals surface area contributed by atoms with Gasteiger partial charge in [-0.3, -0.25) is 0 Å². The minimum atomic E-state index is 0.763. The summed E-state index contributed by atoms with van der Waals surface area (Å²) in [4.78, 5) is 0.763. The van der Waals surface area contributed by atoms with Crippen molar-refractivity contribution in [2.45, 2.75) is 0 Å². The molecule has 0 saturated heterocycles. The van der Waals surface area contributed by atoms with E-state index in [1.807, 2.05) is 41.8 Å². The predicted molar refractivity (Wildman–Crippen MR) is 54.5 cm³/mol. The smallest absolute Gasteiger partial charge is 0.110 e. The van der Waals surface area contributed by atoms with E-state index in [4.69, 9.17) is 5.26 Å². The molecule has 1 aromatic heterocycles. The molecule has 2 aromatic rings. The molecule has 13 heavy (non-hydrogen) atoms. The van der Waals surface area contributed by atoms with Crippen LogP contribution in [0.25, 0.3) is 11.1 Å². The van der Waals surface area contributed by atoms with E-state index in [2.05, 4.69) is 6.07 Å². The van der Waals surface area contributed by atoms with Gasteiger partial charge in [-0.2, -0.15) is 5.26 Å². The lowest BCUT2D eigenvalue weighted by molar-refractivity contribution is 1.52. The number of rotatable bonds is 1. The zero-order chi connectivity index (χ0) is 9.10. The molecule has 62 valence electrons. The molecule has 1 heterocycles. The van der Waals surface area contributed by atoms with Gasteiger partial charge in [0, 0.05) is 0 Å². The van der Waals surface area contributed by atoms with Gasteiger partial charge in [0.05, 0.1) is 0 Å². The first-order valence-electron chi connectivity index (χ1n) is 3.94. The third kappa shape index (κ3) is 1.61. The van der Waals surface area contributed by atoms with Gasteiger partial charge in [-0.25, -0.2) is 0 Å². The summed E-state index contributed by atoms with van der Waals surface area (Å²) in [7, 11) is 0. The van der Waals surface area contributed by atoms with Crippen LogP contribution in [0.1, 0.15) is 4.88 Å². The van der Waals surface area contributed by atoms with Crippen LogP contribution in [0, 0.1) is 11.3 Å². The molecule has 0 aliphatic heterocycles. The Labute approximate surface area is 80.9 Å². The maximum Gasteiger partial charge on any atom is 0.110 e. The first kappa shape index (κ1) is 8.03. The van der Waals surface area contributed by atoms with Crippen molar-refractivity contribution in [3.05, 3.63) is 46.7 Å². The van der Waals surface area contributed by atoms with Gasteiger partial charge in [0.15, 0.2) is 0 Å². The quantitative estimate of drug-likeness (QED) is 0.668. The number of thiophene rings is 1. The number of benzene rings is 1. The summed E-state index contributed by atoms with van der Waals surface area (Å²) in [6.45, 7) is 0. The summed E-state index contributed by atoms with van der Waals surface area (Å²) in [6.07, 6.45) is 0. The average Bonchev–Trinajstić information content (AvgIpc) is 2.67. The topological polar surface area (TPSA) is 23.8 Å². The van der Waals surface area contributed by atoms with Crippen molar-refractivity contribution in [1.29, 1.82) is 5.26 Å². The van der Waals surface area contributed by atoms with Crippen LogP contribution < -0.4 is 0 Å². The molecule has 0 amide bonds. The van der Waals surface area contributed by atoms with E-state index >= 15 is 0 Å². The van der Waals surface area contributed by atoms with E-state index < -0.39 is 0 Å². The second-order valence-corrected chi connectivity index (χ2v) is 3.59. The molecular formula is C11H7NS. The summed E-state index contributed by atoms with van der Waals surface area (Å²) in [5, 5.41) is 10.7. The second kappa shape index (κ2) is 3.42. The van der Waals surface area contributed by atoms with Crippen molar-refractivity contribution in [3.8, 4) is 17.2 Å². The second-order valence-electron chi connectivity index (χ2n) is 2.68. The van der Waals surface area contributed by atoms with Crippen LogP contribution in [0.15, 0.2) is 41.8 Å². The molecule has 0 fully saturated rings. The minimum absolute atomic E-state index is 0.763. The summed E-state index contributed by atoms with van der Waals surface area (Å²) in [6, 6.07) is 14.1. The number of hydrogen-bond donors (Lipinski definition) is 0. The molecule has 0 N–H and O–H groups in total. The molecule has 0 bridgehead atoms. The van der Waals surface area contributed by atoms with Crippen molar-refractivity contribution in [2.24, 2.45) is 0 Å². The van der Waals surface area contributed by atoms with Crippen LogP contribution in [0.3, 0.4) is 0 Å². The fourth-order valence-corrected chi connectivity index (χ4v) is 1.88. The van der Waals surface area contributed by atoms with Crippen molar-refractivity contribution in [1.82, 2.24) is 0 Å².